The van der Waals surface area contributed by atoms with E-state index in [2.05, 4.69) is 11.4 Å². The molecule has 0 aromatic carbocycles. The van der Waals surface area contributed by atoms with Gasteiger partial charge in [-0.1, -0.05) is 0 Å². The Balaban J connectivity index is 1.70. The van der Waals surface area contributed by atoms with E-state index < -0.39 is 11.9 Å². The number of aliphatic carboxylic acids is 1. The molecule has 18 heavy (non-hydrogen) atoms. The van der Waals surface area contributed by atoms with Gasteiger partial charge in [-0.2, -0.15) is 0 Å². The van der Waals surface area contributed by atoms with Crippen molar-refractivity contribution in [3.63, 3.8) is 0 Å². The molecule has 96 valence electrons. The second kappa shape index (κ2) is 4.39. The van der Waals surface area contributed by atoms with E-state index in [0.29, 0.717) is 13.0 Å². The van der Waals surface area contributed by atoms with E-state index in [1.807, 2.05) is 4.90 Å². The van der Waals surface area contributed by atoms with Crippen LogP contribution in [0.15, 0.2) is 11.4 Å². The summed E-state index contributed by atoms with van der Waals surface area (Å²) in [4.78, 5) is 26.3. The summed E-state index contributed by atoms with van der Waals surface area (Å²) < 4.78 is 0. The molecule has 2 aliphatic rings. The summed E-state index contributed by atoms with van der Waals surface area (Å²) in [5.74, 6) is -1.52. The normalized spacial score (nSPS) is 26.3. The van der Waals surface area contributed by atoms with E-state index in [4.69, 9.17) is 5.11 Å². The summed E-state index contributed by atoms with van der Waals surface area (Å²) in [6.45, 7) is 1.41. The highest BCUT2D eigenvalue weighted by Crippen LogP contribution is 2.40. The standard InChI is InChI=1S/C13H15NO3S/c15-12(9-6-10(9)13(16)17)14-4-1-2-11-8(7-14)3-5-18-11/h3,5,9-10H,1-2,4,6-7H2,(H,16,17)/t9-,10+/m0/s1. The second-order valence-electron chi connectivity index (χ2n) is 5.02. The van der Waals surface area contributed by atoms with Crippen molar-refractivity contribution in [1.29, 1.82) is 0 Å². The Kier molecular flexibility index (Phi) is 2.86. The quantitative estimate of drug-likeness (QED) is 0.886. The minimum atomic E-state index is -0.834. The van der Waals surface area contributed by atoms with Gasteiger partial charge >= 0.3 is 5.97 Å². The van der Waals surface area contributed by atoms with Crippen LogP contribution in [0.1, 0.15) is 23.3 Å². The molecule has 1 aliphatic heterocycles. The molecule has 0 bridgehead atoms. The number of amides is 1. The molecule has 2 heterocycles. The van der Waals surface area contributed by atoms with Crippen LogP contribution in [0, 0.1) is 11.8 Å². The van der Waals surface area contributed by atoms with Gasteiger partial charge < -0.3 is 10.0 Å². The van der Waals surface area contributed by atoms with Gasteiger partial charge in [0.2, 0.25) is 5.91 Å². The number of nitrogens with zero attached hydrogens (tertiary/aromatic N) is 1. The first-order chi connectivity index (χ1) is 8.66. The maximum Gasteiger partial charge on any atom is 0.307 e. The molecule has 3 rings (SSSR count). The fourth-order valence-corrected chi connectivity index (χ4v) is 3.55. The number of thiophene rings is 1. The molecular weight excluding hydrogens is 250 g/mol. The first-order valence-corrected chi connectivity index (χ1v) is 7.11. The van der Waals surface area contributed by atoms with Crippen molar-refractivity contribution in [1.82, 2.24) is 4.90 Å². The molecular formula is C13H15NO3S. The molecule has 4 nitrogen and oxygen atoms in total. The fraction of sp³-hybridized carbons (Fsp3) is 0.538. The number of hydrogen-bond acceptors (Lipinski definition) is 3. The minimum Gasteiger partial charge on any atom is -0.481 e. The molecule has 0 saturated heterocycles. The predicted molar refractivity (Wildman–Crippen MR) is 67.3 cm³/mol. The maximum absolute atomic E-state index is 12.2. The predicted octanol–water partition coefficient (Wildman–Crippen LogP) is 1.74. The third-order valence-electron chi connectivity index (χ3n) is 3.77. The highest BCUT2D eigenvalue weighted by atomic mass is 32.1. The van der Waals surface area contributed by atoms with Gasteiger partial charge in [-0.25, -0.2) is 0 Å². The molecule has 0 spiro atoms. The summed E-state index contributed by atoms with van der Waals surface area (Å²) in [6.07, 6.45) is 2.52. The Labute approximate surface area is 109 Å². The van der Waals surface area contributed by atoms with Crippen molar-refractivity contribution in [2.24, 2.45) is 11.8 Å². The molecule has 1 aromatic rings. The van der Waals surface area contributed by atoms with Crippen LogP contribution in [0.2, 0.25) is 0 Å². The van der Waals surface area contributed by atoms with Crippen LogP contribution in [-0.2, 0) is 22.6 Å². The number of carbonyl (C=O) groups is 2. The fourth-order valence-electron chi connectivity index (χ4n) is 2.61. The largest absolute Gasteiger partial charge is 0.481 e. The number of aryl methyl sites for hydroxylation is 1. The van der Waals surface area contributed by atoms with Gasteiger partial charge in [0.25, 0.3) is 0 Å². The Morgan fingerprint density at radius 3 is 2.94 bits per heavy atom. The molecule has 2 atom stereocenters. The van der Waals surface area contributed by atoms with Gasteiger partial charge in [0.1, 0.15) is 0 Å². The molecule has 1 aliphatic carbocycles. The van der Waals surface area contributed by atoms with Crippen LogP contribution in [0.3, 0.4) is 0 Å². The summed E-state index contributed by atoms with van der Waals surface area (Å²) in [5.41, 5.74) is 1.23. The number of carbonyl (C=O) groups excluding carboxylic acids is 1. The van der Waals surface area contributed by atoms with Crippen molar-refractivity contribution in [3.05, 3.63) is 21.9 Å². The first kappa shape index (κ1) is 11.7. The molecule has 1 aromatic heterocycles. The van der Waals surface area contributed by atoms with Crippen molar-refractivity contribution >= 4 is 23.2 Å². The number of hydrogen-bond donors (Lipinski definition) is 1. The topological polar surface area (TPSA) is 57.6 Å². The van der Waals surface area contributed by atoms with Gasteiger partial charge in [0.15, 0.2) is 0 Å². The van der Waals surface area contributed by atoms with Gasteiger partial charge in [-0.05, 0) is 36.3 Å². The van der Waals surface area contributed by atoms with Gasteiger partial charge in [-0.15, -0.1) is 11.3 Å². The third kappa shape index (κ3) is 2.03. The lowest BCUT2D eigenvalue weighted by Crippen LogP contribution is -2.32. The summed E-state index contributed by atoms with van der Waals surface area (Å²) in [5, 5.41) is 10.9. The molecule has 1 amide bonds. The van der Waals surface area contributed by atoms with E-state index in [1.165, 1.54) is 10.4 Å². The zero-order valence-electron chi connectivity index (χ0n) is 9.96. The Morgan fingerprint density at radius 1 is 1.39 bits per heavy atom. The van der Waals surface area contributed by atoms with Gasteiger partial charge in [0.05, 0.1) is 11.8 Å². The van der Waals surface area contributed by atoms with E-state index in [0.717, 1.165) is 19.4 Å². The van der Waals surface area contributed by atoms with Gasteiger partial charge in [-0.3, -0.25) is 9.59 Å². The third-order valence-corrected chi connectivity index (χ3v) is 4.79. The van der Waals surface area contributed by atoms with Gasteiger partial charge in [0, 0.05) is 18.0 Å². The lowest BCUT2D eigenvalue weighted by Gasteiger charge is -2.20. The Bertz CT molecular complexity index is 496. The van der Waals surface area contributed by atoms with Crippen molar-refractivity contribution in [3.8, 4) is 0 Å². The average Bonchev–Trinajstić information content (AvgIpc) is 3.08. The van der Waals surface area contributed by atoms with Crippen LogP contribution in [0.5, 0.6) is 0 Å². The number of rotatable bonds is 2. The molecule has 0 unspecified atom stereocenters. The Morgan fingerprint density at radius 2 is 2.22 bits per heavy atom. The summed E-state index contributed by atoms with van der Waals surface area (Å²) >= 11 is 1.75. The number of carboxylic acid groups (broad SMARTS) is 1. The molecule has 1 saturated carbocycles. The summed E-state index contributed by atoms with van der Waals surface area (Å²) in [7, 11) is 0. The van der Waals surface area contributed by atoms with E-state index >= 15 is 0 Å². The molecule has 5 heteroatoms. The Hall–Kier alpha value is -1.36. The lowest BCUT2D eigenvalue weighted by atomic mass is 10.2. The summed E-state index contributed by atoms with van der Waals surface area (Å²) in [6, 6.07) is 2.08. The van der Waals surface area contributed by atoms with E-state index in [9.17, 15) is 9.59 Å². The zero-order valence-corrected chi connectivity index (χ0v) is 10.8. The van der Waals surface area contributed by atoms with Crippen molar-refractivity contribution < 1.29 is 14.7 Å². The monoisotopic (exact) mass is 265 g/mol. The number of fused-ring (bicyclic) bond motifs is 1. The van der Waals surface area contributed by atoms with Crippen LogP contribution in [0.25, 0.3) is 0 Å². The maximum atomic E-state index is 12.2. The molecule has 1 fully saturated rings. The van der Waals surface area contributed by atoms with Crippen molar-refractivity contribution in [2.45, 2.75) is 25.8 Å². The van der Waals surface area contributed by atoms with Crippen LogP contribution in [-0.4, -0.2) is 28.4 Å². The molecule has 1 N–H and O–H groups in total. The highest BCUT2D eigenvalue weighted by molar-refractivity contribution is 7.10. The van der Waals surface area contributed by atoms with Crippen LogP contribution >= 0.6 is 11.3 Å². The van der Waals surface area contributed by atoms with Crippen LogP contribution < -0.4 is 0 Å². The molecule has 0 radical (unpaired) electrons. The smallest absolute Gasteiger partial charge is 0.307 e. The zero-order chi connectivity index (χ0) is 12.7. The van der Waals surface area contributed by atoms with E-state index in [-0.39, 0.29) is 11.8 Å². The minimum absolute atomic E-state index is 0.0291. The second-order valence-corrected chi connectivity index (χ2v) is 6.02. The lowest BCUT2D eigenvalue weighted by molar-refractivity contribution is -0.142. The number of carboxylic acids is 1. The first-order valence-electron chi connectivity index (χ1n) is 6.23. The highest BCUT2D eigenvalue weighted by Gasteiger charge is 2.49. The average molecular weight is 265 g/mol. The van der Waals surface area contributed by atoms with Crippen LogP contribution in [0.4, 0.5) is 0 Å². The van der Waals surface area contributed by atoms with E-state index in [1.54, 1.807) is 11.3 Å². The van der Waals surface area contributed by atoms with Crippen molar-refractivity contribution in [2.75, 3.05) is 6.54 Å². The SMILES string of the molecule is O=C(O)[C@@H]1C[C@@H]1C(=O)N1CCCc2sccc2C1.